The van der Waals surface area contributed by atoms with E-state index in [-0.39, 0.29) is 11.9 Å². The van der Waals surface area contributed by atoms with Crippen LogP contribution in [-0.2, 0) is 16.1 Å². The molecule has 1 aliphatic heterocycles. The van der Waals surface area contributed by atoms with Crippen molar-refractivity contribution in [3.8, 4) is 23.3 Å². The molecule has 31 heavy (non-hydrogen) atoms. The van der Waals surface area contributed by atoms with Crippen LogP contribution in [0.25, 0.3) is 21.6 Å². The maximum atomic E-state index is 11.7. The van der Waals surface area contributed by atoms with Gasteiger partial charge in [0.1, 0.15) is 5.56 Å². The van der Waals surface area contributed by atoms with Gasteiger partial charge in [0, 0.05) is 30.6 Å². The number of fused-ring (bicyclic) bond motifs is 1. The van der Waals surface area contributed by atoms with E-state index in [2.05, 4.69) is 20.2 Å². The summed E-state index contributed by atoms with van der Waals surface area (Å²) in [7, 11) is 3.03. The monoisotopic (exact) mass is 444 g/mol. The number of methoxy groups -OCH3 is 2. The van der Waals surface area contributed by atoms with Crippen molar-refractivity contribution >= 4 is 33.3 Å². The second-order valence-corrected chi connectivity index (χ2v) is 7.94. The molecule has 164 valence electrons. The molecular weight excluding hydrogens is 420 g/mol. The lowest BCUT2D eigenvalue weighted by molar-refractivity contribution is -0.120. The Kier molecular flexibility index (Phi) is 6.42. The normalized spacial score (nSPS) is 14.0. The van der Waals surface area contributed by atoms with E-state index in [0.29, 0.717) is 43.4 Å². The fourth-order valence-electron chi connectivity index (χ4n) is 3.23. The number of carbonyl (C=O) groups is 1. The first-order chi connectivity index (χ1) is 15.1. The van der Waals surface area contributed by atoms with E-state index < -0.39 is 0 Å². The van der Waals surface area contributed by atoms with Crippen molar-refractivity contribution in [2.45, 2.75) is 19.9 Å². The van der Waals surface area contributed by atoms with Gasteiger partial charge in [-0.15, -0.1) is 11.3 Å². The smallest absolute Gasteiger partial charge is 0.319 e. The number of ether oxygens (including phenoxy) is 3. The lowest BCUT2D eigenvalue weighted by Gasteiger charge is -2.28. The quantitative estimate of drug-likeness (QED) is 0.585. The van der Waals surface area contributed by atoms with E-state index in [4.69, 9.17) is 24.2 Å². The molecule has 1 amide bonds. The van der Waals surface area contributed by atoms with Crippen molar-refractivity contribution in [1.29, 1.82) is 0 Å². The molecule has 0 atom stereocenters. The molecule has 4 rings (SSSR count). The Balaban J connectivity index is 1.80. The molecule has 4 heterocycles. The minimum atomic E-state index is 0.0118. The number of aromatic nitrogens is 4. The molecule has 0 radical (unpaired) electrons. The Bertz CT molecular complexity index is 1080. The lowest BCUT2D eigenvalue weighted by atomic mass is 10.2. The Labute approximate surface area is 183 Å². The number of hydrogen-bond donors (Lipinski definition) is 1. The summed E-state index contributed by atoms with van der Waals surface area (Å²) in [5.41, 5.74) is 1.38. The van der Waals surface area contributed by atoms with E-state index in [0.717, 1.165) is 34.0 Å². The molecular formula is C20H24N6O4S. The summed E-state index contributed by atoms with van der Waals surface area (Å²) in [5, 5.41) is 2.92. The number of amides is 1. The van der Waals surface area contributed by atoms with Gasteiger partial charge in [0.05, 0.1) is 44.2 Å². The van der Waals surface area contributed by atoms with E-state index in [1.54, 1.807) is 17.5 Å². The second kappa shape index (κ2) is 9.40. The number of hydrogen-bond acceptors (Lipinski definition) is 10. The molecule has 0 bridgehead atoms. The third-order valence-corrected chi connectivity index (χ3v) is 5.96. The molecule has 1 saturated heterocycles. The summed E-state index contributed by atoms with van der Waals surface area (Å²) in [6.07, 6.45) is 2.05. The van der Waals surface area contributed by atoms with Gasteiger partial charge >= 0.3 is 6.01 Å². The second-order valence-electron chi connectivity index (χ2n) is 6.81. The third kappa shape index (κ3) is 4.52. The topological polar surface area (TPSA) is 112 Å². The molecule has 0 unspecified atom stereocenters. The maximum absolute atomic E-state index is 11.7. The number of nitrogens with one attached hydrogen (secondary N) is 1. The van der Waals surface area contributed by atoms with Gasteiger partial charge in [-0.3, -0.25) is 4.79 Å². The number of rotatable bonds is 7. The molecule has 1 fully saturated rings. The predicted molar refractivity (Wildman–Crippen MR) is 117 cm³/mol. The van der Waals surface area contributed by atoms with Crippen LogP contribution in [0, 0.1) is 0 Å². The van der Waals surface area contributed by atoms with Crippen LogP contribution in [0.3, 0.4) is 0 Å². The third-order valence-electron chi connectivity index (χ3n) is 4.84. The van der Waals surface area contributed by atoms with Gasteiger partial charge in [-0.1, -0.05) is 6.92 Å². The SMILES string of the molecule is CCC(=O)NCc1cc2nc(-c3cnc(OC)nc3OC)nc(N3CCOCC3)c2s1. The van der Waals surface area contributed by atoms with Crippen LogP contribution in [0.1, 0.15) is 18.2 Å². The Morgan fingerprint density at radius 1 is 1.23 bits per heavy atom. The van der Waals surface area contributed by atoms with Gasteiger partial charge in [-0.25, -0.2) is 15.0 Å². The van der Waals surface area contributed by atoms with Gasteiger partial charge in [0.15, 0.2) is 11.6 Å². The summed E-state index contributed by atoms with van der Waals surface area (Å²) in [6.45, 7) is 5.05. The first kappa shape index (κ1) is 21.2. The lowest BCUT2D eigenvalue weighted by Crippen LogP contribution is -2.36. The Hall–Kier alpha value is -3.05. The van der Waals surface area contributed by atoms with Crippen LogP contribution in [0.15, 0.2) is 12.3 Å². The molecule has 1 N–H and O–H groups in total. The predicted octanol–water partition coefficient (Wildman–Crippen LogP) is 2.03. The van der Waals surface area contributed by atoms with E-state index >= 15 is 0 Å². The molecule has 10 nitrogen and oxygen atoms in total. The first-order valence-corrected chi connectivity index (χ1v) is 10.8. The first-order valence-electron chi connectivity index (χ1n) is 9.98. The average molecular weight is 445 g/mol. The van der Waals surface area contributed by atoms with Crippen LogP contribution in [0.4, 0.5) is 5.82 Å². The molecule has 3 aromatic heterocycles. The molecule has 3 aromatic rings. The minimum Gasteiger partial charge on any atom is -0.480 e. The highest BCUT2D eigenvalue weighted by molar-refractivity contribution is 7.19. The molecule has 1 aliphatic rings. The molecule has 0 aromatic carbocycles. The standard InChI is InChI=1S/C20H24N6O4S/c1-4-15(27)21-10-12-9-14-16(31-12)18(26-5-7-30-8-6-26)24-17(23-14)13-11-22-20(29-3)25-19(13)28-2/h9,11H,4-8,10H2,1-3H3,(H,21,27). The molecule has 0 spiro atoms. The van der Waals surface area contributed by atoms with E-state index in [9.17, 15) is 4.79 Å². The summed E-state index contributed by atoms with van der Waals surface area (Å²) in [4.78, 5) is 33.0. The van der Waals surface area contributed by atoms with Gasteiger partial charge in [-0.2, -0.15) is 4.98 Å². The van der Waals surface area contributed by atoms with Gasteiger partial charge < -0.3 is 24.4 Å². The van der Waals surface area contributed by atoms with Gasteiger partial charge in [-0.05, 0) is 6.07 Å². The summed E-state index contributed by atoms with van der Waals surface area (Å²) >= 11 is 1.59. The van der Waals surface area contributed by atoms with Crippen molar-refractivity contribution < 1.29 is 19.0 Å². The Morgan fingerprint density at radius 2 is 2.03 bits per heavy atom. The van der Waals surface area contributed by atoms with Crippen LogP contribution in [-0.4, -0.2) is 66.4 Å². The molecule has 11 heteroatoms. The number of nitrogens with zero attached hydrogens (tertiary/aromatic N) is 5. The number of carbonyl (C=O) groups excluding carboxylic acids is 1. The van der Waals surface area contributed by atoms with E-state index in [1.807, 2.05) is 13.0 Å². The van der Waals surface area contributed by atoms with Crippen molar-refractivity contribution in [3.05, 3.63) is 17.1 Å². The fourth-order valence-corrected chi connectivity index (χ4v) is 4.28. The fraction of sp³-hybridized carbons (Fsp3) is 0.450. The van der Waals surface area contributed by atoms with Gasteiger partial charge in [0.2, 0.25) is 11.8 Å². The maximum Gasteiger partial charge on any atom is 0.319 e. The van der Waals surface area contributed by atoms with Crippen LogP contribution in [0.2, 0.25) is 0 Å². The molecule has 0 aliphatic carbocycles. The summed E-state index contributed by atoms with van der Waals surface area (Å²) in [6, 6.07) is 2.20. The largest absolute Gasteiger partial charge is 0.480 e. The zero-order valence-corrected chi connectivity index (χ0v) is 18.5. The molecule has 0 saturated carbocycles. The number of morpholine rings is 1. The number of anilines is 1. The summed E-state index contributed by atoms with van der Waals surface area (Å²) < 4.78 is 17.0. The van der Waals surface area contributed by atoms with Crippen molar-refractivity contribution in [2.75, 3.05) is 45.4 Å². The zero-order valence-electron chi connectivity index (χ0n) is 17.7. The van der Waals surface area contributed by atoms with Gasteiger partial charge in [0.25, 0.3) is 0 Å². The van der Waals surface area contributed by atoms with Crippen molar-refractivity contribution in [1.82, 2.24) is 25.3 Å². The summed E-state index contributed by atoms with van der Waals surface area (Å²) in [5.74, 6) is 1.65. The van der Waals surface area contributed by atoms with Crippen LogP contribution < -0.4 is 19.7 Å². The Morgan fingerprint density at radius 3 is 2.74 bits per heavy atom. The van der Waals surface area contributed by atoms with E-state index in [1.165, 1.54) is 14.2 Å². The van der Waals surface area contributed by atoms with Crippen molar-refractivity contribution in [2.24, 2.45) is 0 Å². The van der Waals surface area contributed by atoms with Crippen LogP contribution in [0.5, 0.6) is 11.9 Å². The average Bonchev–Trinajstić information content (AvgIpc) is 3.24. The highest BCUT2D eigenvalue weighted by Crippen LogP contribution is 2.36. The zero-order chi connectivity index (χ0) is 21.8. The highest BCUT2D eigenvalue weighted by atomic mass is 32.1. The van der Waals surface area contributed by atoms with Crippen LogP contribution >= 0.6 is 11.3 Å². The van der Waals surface area contributed by atoms with Crippen molar-refractivity contribution in [3.63, 3.8) is 0 Å². The minimum absolute atomic E-state index is 0.0118. The highest BCUT2D eigenvalue weighted by Gasteiger charge is 2.22. The number of thiophene rings is 1.